The molecule has 144 valence electrons. The average Bonchev–Trinajstić information content (AvgIpc) is 3.20. The first-order valence-electron chi connectivity index (χ1n) is 8.39. The monoisotopic (exact) mass is 393 g/mol. The quantitative estimate of drug-likeness (QED) is 0.606. The minimum Gasteiger partial charge on any atom is -0.496 e. The van der Waals surface area contributed by atoms with Gasteiger partial charge in [0, 0.05) is 24.7 Å². The number of imidazole rings is 1. The smallest absolute Gasteiger partial charge is 0.214 e. The lowest BCUT2D eigenvalue weighted by Crippen LogP contribution is -2.67. The number of anilines is 1. The van der Waals surface area contributed by atoms with Gasteiger partial charge in [-0.25, -0.2) is 13.9 Å². The number of β-amino-alcohol motifs (C(OH)–C–C–N with tert-alkyl or cyclic N) is 2. The van der Waals surface area contributed by atoms with E-state index in [0.717, 1.165) is 0 Å². The van der Waals surface area contributed by atoms with E-state index in [4.69, 9.17) is 10.5 Å². The van der Waals surface area contributed by atoms with Crippen LogP contribution in [0.25, 0.3) is 16.2 Å². The van der Waals surface area contributed by atoms with Crippen LogP contribution in [0.3, 0.4) is 0 Å². The van der Waals surface area contributed by atoms with Crippen LogP contribution in [0.4, 0.5) is 9.52 Å². The Labute approximate surface area is 158 Å². The van der Waals surface area contributed by atoms with Crippen molar-refractivity contribution in [3.05, 3.63) is 30.2 Å². The van der Waals surface area contributed by atoms with Crippen molar-refractivity contribution in [2.45, 2.75) is 24.7 Å². The molecule has 3 aromatic rings. The van der Waals surface area contributed by atoms with E-state index in [0.29, 0.717) is 27.1 Å². The number of aliphatic hydroxyl groups is 2. The second kappa shape index (κ2) is 6.41. The van der Waals surface area contributed by atoms with Crippen LogP contribution in [-0.2, 0) is 0 Å². The minimum atomic E-state index is -1.07. The van der Waals surface area contributed by atoms with Gasteiger partial charge in [0.25, 0.3) is 0 Å². The number of nitrogens with two attached hydrogens (primary N) is 1. The fourth-order valence-corrected chi connectivity index (χ4v) is 4.03. The third-order valence-electron chi connectivity index (χ3n) is 5.01. The number of halogens is 1. The van der Waals surface area contributed by atoms with Crippen molar-refractivity contribution >= 4 is 21.4 Å². The molecule has 3 atom stereocenters. The van der Waals surface area contributed by atoms with E-state index in [2.05, 4.69) is 10.1 Å². The summed E-state index contributed by atoms with van der Waals surface area (Å²) in [6.07, 6.45) is -0.141. The van der Waals surface area contributed by atoms with Crippen LogP contribution < -0.4 is 15.4 Å². The van der Waals surface area contributed by atoms with Gasteiger partial charge < -0.3 is 25.6 Å². The molecule has 0 unspecified atom stereocenters. The summed E-state index contributed by atoms with van der Waals surface area (Å²) in [6, 6.07) is 4.27. The molecule has 4 N–H and O–H groups in total. The Morgan fingerprint density at radius 3 is 2.70 bits per heavy atom. The molecule has 8 nitrogen and oxygen atoms in total. The number of aliphatic hydroxyl groups excluding tert-OH is 2. The van der Waals surface area contributed by atoms with Gasteiger partial charge in [-0.05, 0) is 19.1 Å². The summed E-state index contributed by atoms with van der Waals surface area (Å²) in [5.41, 5.74) is 6.25. The fourth-order valence-electron chi connectivity index (χ4n) is 3.13. The van der Waals surface area contributed by atoms with Gasteiger partial charge in [-0.2, -0.15) is 0 Å². The van der Waals surface area contributed by atoms with Crippen LogP contribution in [0.5, 0.6) is 5.75 Å². The molecule has 0 spiro atoms. The lowest BCUT2D eigenvalue weighted by Gasteiger charge is -2.44. The maximum Gasteiger partial charge on any atom is 0.214 e. The van der Waals surface area contributed by atoms with Crippen molar-refractivity contribution in [3.63, 3.8) is 0 Å². The van der Waals surface area contributed by atoms with Crippen molar-refractivity contribution in [1.82, 2.24) is 14.6 Å². The molecule has 1 fully saturated rings. The lowest BCUT2D eigenvalue weighted by molar-refractivity contribution is -0.0130. The molecule has 1 aliphatic heterocycles. The van der Waals surface area contributed by atoms with Gasteiger partial charge in [-0.3, -0.25) is 0 Å². The first-order chi connectivity index (χ1) is 12.8. The molecule has 0 aliphatic carbocycles. The van der Waals surface area contributed by atoms with E-state index in [-0.39, 0.29) is 13.1 Å². The number of methoxy groups -OCH3 is 1. The molecule has 27 heavy (non-hydrogen) atoms. The van der Waals surface area contributed by atoms with Crippen LogP contribution in [0.1, 0.15) is 6.92 Å². The Hall–Kier alpha value is -2.27. The van der Waals surface area contributed by atoms with E-state index in [9.17, 15) is 14.6 Å². The normalized spacial score (nSPS) is 25.9. The van der Waals surface area contributed by atoms with Crippen LogP contribution in [0.15, 0.2) is 24.4 Å². The van der Waals surface area contributed by atoms with Crippen molar-refractivity contribution in [2.75, 3.05) is 25.1 Å². The summed E-state index contributed by atoms with van der Waals surface area (Å²) in [5, 5.41) is 25.7. The number of rotatable bonds is 3. The summed E-state index contributed by atoms with van der Waals surface area (Å²) in [5.74, 6) is -0.00878. The molecule has 0 radical (unpaired) electrons. The Morgan fingerprint density at radius 1 is 1.33 bits per heavy atom. The molecule has 1 saturated heterocycles. The van der Waals surface area contributed by atoms with E-state index in [1.165, 1.54) is 30.6 Å². The molecule has 1 aromatic carbocycles. The largest absolute Gasteiger partial charge is 0.496 e. The molecule has 0 amide bonds. The Morgan fingerprint density at radius 2 is 2.04 bits per heavy atom. The van der Waals surface area contributed by atoms with Gasteiger partial charge in [0.15, 0.2) is 0 Å². The number of nitrogens with zero attached hydrogens (tertiary/aromatic N) is 4. The highest BCUT2D eigenvalue weighted by Crippen LogP contribution is 2.34. The minimum absolute atomic E-state index is 0.260. The molecule has 0 saturated carbocycles. The number of hydrogen-bond donors (Lipinski definition) is 3. The van der Waals surface area contributed by atoms with Gasteiger partial charge in [-0.1, -0.05) is 11.3 Å². The number of ether oxygens (including phenoxy) is 1. The second-order valence-electron chi connectivity index (χ2n) is 6.87. The SMILES string of the molecule is COc1cc(F)ccc1-c1cnc2sc(N3C[C@@H](O)[C@](C)(N)[C@@H](O)C3)nn12. The number of fused-ring (bicyclic) bond motifs is 1. The standard InChI is InChI=1S/C17H20FN5O3S/c1-17(19)13(24)7-22(8-14(17)25)16-21-23-11(6-20-15(23)27-16)10-4-3-9(18)5-12(10)26-2/h3-6,13-14,24-25H,7-8,19H2,1-2H3/t13-,14+,17+. The van der Waals surface area contributed by atoms with E-state index in [1.54, 1.807) is 28.6 Å². The van der Waals surface area contributed by atoms with Crippen molar-refractivity contribution < 1.29 is 19.3 Å². The molecule has 1 aliphatic rings. The van der Waals surface area contributed by atoms with Gasteiger partial charge in [-0.15, -0.1) is 5.10 Å². The predicted molar refractivity (Wildman–Crippen MR) is 99.6 cm³/mol. The molecule has 4 rings (SSSR count). The van der Waals surface area contributed by atoms with E-state index >= 15 is 0 Å². The van der Waals surface area contributed by atoms with Crippen molar-refractivity contribution in [3.8, 4) is 17.0 Å². The number of benzene rings is 1. The van der Waals surface area contributed by atoms with E-state index < -0.39 is 23.6 Å². The predicted octanol–water partition coefficient (Wildman–Crippen LogP) is 0.865. The van der Waals surface area contributed by atoms with Crippen LogP contribution in [0.2, 0.25) is 0 Å². The molecule has 0 bridgehead atoms. The van der Waals surface area contributed by atoms with Gasteiger partial charge in [0.1, 0.15) is 11.6 Å². The fraction of sp³-hybridized carbons (Fsp3) is 0.412. The number of aromatic nitrogens is 3. The molecule has 10 heteroatoms. The summed E-state index contributed by atoms with van der Waals surface area (Å²) < 4.78 is 20.4. The van der Waals surface area contributed by atoms with Crippen molar-refractivity contribution in [2.24, 2.45) is 5.73 Å². The molecular formula is C17H20FN5O3S. The maximum atomic E-state index is 13.5. The third kappa shape index (κ3) is 2.94. The van der Waals surface area contributed by atoms with Gasteiger partial charge in [0.2, 0.25) is 10.1 Å². The average molecular weight is 393 g/mol. The maximum absolute atomic E-state index is 13.5. The van der Waals surface area contributed by atoms with Crippen molar-refractivity contribution in [1.29, 1.82) is 0 Å². The van der Waals surface area contributed by atoms with E-state index in [1.807, 2.05) is 0 Å². The molecular weight excluding hydrogens is 373 g/mol. The van der Waals surface area contributed by atoms with Crippen LogP contribution >= 0.6 is 11.3 Å². The number of hydrogen-bond acceptors (Lipinski definition) is 8. The zero-order valence-electron chi connectivity index (χ0n) is 14.8. The Bertz CT molecular complexity index is 974. The third-order valence-corrected chi connectivity index (χ3v) is 5.99. The zero-order chi connectivity index (χ0) is 19.3. The van der Waals surface area contributed by atoms with Gasteiger partial charge in [0.05, 0.1) is 36.7 Å². The first-order valence-corrected chi connectivity index (χ1v) is 9.21. The highest BCUT2D eigenvalue weighted by molar-refractivity contribution is 7.20. The zero-order valence-corrected chi connectivity index (χ0v) is 15.6. The van der Waals surface area contributed by atoms with Gasteiger partial charge >= 0.3 is 0 Å². The van der Waals surface area contributed by atoms with Crippen LogP contribution in [0, 0.1) is 5.82 Å². The Kier molecular flexibility index (Phi) is 4.30. The number of piperidine rings is 1. The lowest BCUT2D eigenvalue weighted by atomic mass is 9.85. The first kappa shape index (κ1) is 18.1. The highest BCUT2D eigenvalue weighted by atomic mass is 32.1. The Balaban J connectivity index is 1.71. The summed E-state index contributed by atoms with van der Waals surface area (Å²) in [4.78, 5) is 6.79. The highest BCUT2D eigenvalue weighted by Gasteiger charge is 2.43. The summed E-state index contributed by atoms with van der Waals surface area (Å²) in [6.45, 7) is 2.15. The molecule has 2 aromatic heterocycles. The van der Waals surface area contributed by atoms with Crippen LogP contribution in [-0.4, -0.2) is 62.8 Å². The summed E-state index contributed by atoms with van der Waals surface area (Å²) >= 11 is 1.33. The molecule has 3 heterocycles. The second-order valence-corrected chi connectivity index (χ2v) is 7.80. The topological polar surface area (TPSA) is 109 Å². The summed E-state index contributed by atoms with van der Waals surface area (Å²) in [7, 11) is 1.48.